The van der Waals surface area contributed by atoms with Crippen molar-refractivity contribution in [1.82, 2.24) is 15.1 Å². The van der Waals surface area contributed by atoms with Crippen LogP contribution in [0.3, 0.4) is 0 Å². The van der Waals surface area contributed by atoms with Crippen molar-refractivity contribution in [3.8, 4) is 11.5 Å². The van der Waals surface area contributed by atoms with Crippen molar-refractivity contribution in [2.45, 2.75) is 26.4 Å². The van der Waals surface area contributed by atoms with E-state index < -0.39 is 5.97 Å². The van der Waals surface area contributed by atoms with Gasteiger partial charge in [-0.05, 0) is 26.0 Å². The van der Waals surface area contributed by atoms with Gasteiger partial charge in [-0.3, -0.25) is 4.79 Å². The van der Waals surface area contributed by atoms with E-state index in [1.54, 1.807) is 18.2 Å². The Morgan fingerprint density at radius 1 is 1.28 bits per heavy atom. The lowest BCUT2D eigenvalue weighted by Gasteiger charge is -2.23. The van der Waals surface area contributed by atoms with Crippen molar-refractivity contribution >= 4 is 23.5 Å². The lowest BCUT2D eigenvalue weighted by molar-refractivity contribution is -0.135. The van der Waals surface area contributed by atoms with E-state index in [0.29, 0.717) is 10.6 Å². The quantitative estimate of drug-likeness (QED) is 0.579. The van der Waals surface area contributed by atoms with Gasteiger partial charge in [0.05, 0.1) is 24.2 Å². The summed E-state index contributed by atoms with van der Waals surface area (Å²) in [5.74, 6) is -0.418. The van der Waals surface area contributed by atoms with Crippen LogP contribution in [0.25, 0.3) is 11.5 Å². The van der Waals surface area contributed by atoms with Gasteiger partial charge in [0.25, 0.3) is 0 Å². The largest absolute Gasteiger partial charge is 0.466 e. The second kappa shape index (κ2) is 8.43. The van der Waals surface area contributed by atoms with Gasteiger partial charge in [-0.15, -0.1) is 10.2 Å². The van der Waals surface area contributed by atoms with Crippen molar-refractivity contribution < 1.29 is 18.7 Å². The molecule has 1 aromatic carbocycles. The Balaban J connectivity index is 2.16. The zero-order valence-corrected chi connectivity index (χ0v) is 14.9. The monoisotopic (exact) mass is 363 g/mol. The van der Waals surface area contributed by atoms with Crippen LogP contribution in [-0.4, -0.2) is 40.1 Å². The number of carbonyl (C=O) groups excluding carboxylic acids is 2. The first kappa shape index (κ1) is 18.7. The van der Waals surface area contributed by atoms with E-state index in [1.165, 1.54) is 12.0 Å². The SMILES string of the molecule is COC(=O)/C=C/C(=O)N(Cc1nnc(-c2ccccc2Cl)o1)C(C)C. The molecule has 0 bridgehead atoms. The summed E-state index contributed by atoms with van der Waals surface area (Å²) in [5.41, 5.74) is 0.621. The minimum Gasteiger partial charge on any atom is -0.466 e. The molecule has 0 saturated carbocycles. The number of benzene rings is 1. The Morgan fingerprint density at radius 3 is 2.64 bits per heavy atom. The third-order valence-corrected chi connectivity index (χ3v) is 3.68. The molecular formula is C17H18ClN3O4. The van der Waals surface area contributed by atoms with Crippen LogP contribution in [0.15, 0.2) is 40.8 Å². The van der Waals surface area contributed by atoms with Gasteiger partial charge < -0.3 is 14.1 Å². The molecule has 0 unspecified atom stereocenters. The standard InChI is InChI=1S/C17H18ClN3O4/c1-11(2)21(15(22)8-9-16(23)24-3)10-14-19-20-17(25-14)12-6-4-5-7-13(12)18/h4-9,11H,10H2,1-3H3/b9-8+. The van der Waals surface area contributed by atoms with Crippen LogP contribution in [0, 0.1) is 0 Å². The van der Waals surface area contributed by atoms with Crippen molar-refractivity contribution in [2.24, 2.45) is 0 Å². The molecule has 2 rings (SSSR count). The number of esters is 1. The number of amides is 1. The van der Waals surface area contributed by atoms with Crippen molar-refractivity contribution in [3.05, 3.63) is 47.3 Å². The van der Waals surface area contributed by atoms with Crippen molar-refractivity contribution in [3.63, 3.8) is 0 Å². The van der Waals surface area contributed by atoms with Gasteiger partial charge in [0.2, 0.25) is 17.7 Å². The Bertz CT molecular complexity index is 786. The third kappa shape index (κ3) is 4.90. The second-order valence-corrected chi connectivity index (χ2v) is 5.80. The molecule has 0 spiro atoms. The molecule has 1 amide bonds. The summed E-state index contributed by atoms with van der Waals surface area (Å²) >= 11 is 6.11. The highest BCUT2D eigenvalue weighted by Gasteiger charge is 2.19. The Morgan fingerprint density at radius 2 is 2.00 bits per heavy atom. The van der Waals surface area contributed by atoms with E-state index in [2.05, 4.69) is 14.9 Å². The van der Waals surface area contributed by atoms with E-state index >= 15 is 0 Å². The summed E-state index contributed by atoms with van der Waals surface area (Å²) in [6, 6.07) is 6.97. The highest BCUT2D eigenvalue weighted by atomic mass is 35.5. The highest BCUT2D eigenvalue weighted by molar-refractivity contribution is 6.33. The highest BCUT2D eigenvalue weighted by Crippen LogP contribution is 2.26. The molecule has 7 nitrogen and oxygen atoms in total. The number of rotatable bonds is 6. The lowest BCUT2D eigenvalue weighted by atomic mass is 10.2. The molecule has 0 radical (unpaired) electrons. The second-order valence-electron chi connectivity index (χ2n) is 5.40. The average molecular weight is 364 g/mol. The maximum Gasteiger partial charge on any atom is 0.330 e. The van der Waals surface area contributed by atoms with E-state index in [9.17, 15) is 9.59 Å². The zero-order chi connectivity index (χ0) is 18.4. The molecule has 1 heterocycles. The summed E-state index contributed by atoms with van der Waals surface area (Å²) in [4.78, 5) is 24.9. The molecule has 25 heavy (non-hydrogen) atoms. The van der Waals surface area contributed by atoms with Crippen LogP contribution in [0.5, 0.6) is 0 Å². The summed E-state index contributed by atoms with van der Waals surface area (Å²) in [5, 5.41) is 8.44. The van der Waals surface area contributed by atoms with Crippen LogP contribution < -0.4 is 0 Å². The van der Waals surface area contributed by atoms with Gasteiger partial charge in [-0.1, -0.05) is 23.7 Å². The van der Waals surface area contributed by atoms with Crippen LogP contribution >= 0.6 is 11.6 Å². The first-order valence-electron chi connectivity index (χ1n) is 7.56. The number of ether oxygens (including phenoxy) is 1. The average Bonchev–Trinajstić information content (AvgIpc) is 3.05. The Hall–Kier alpha value is -2.67. The number of halogens is 1. The van der Waals surface area contributed by atoms with Gasteiger partial charge in [0.15, 0.2) is 0 Å². The third-order valence-electron chi connectivity index (χ3n) is 3.35. The predicted octanol–water partition coefficient (Wildman–Crippen LogP) is 2.86. The number of hydrogen-bond donors (Lipinski definition) is 0. The molecule has 132 valence electrons. The molecular weight excluding hydrogens is 346 g/mol. The maximum absolute atomic E-state index is 12.3. The van der Waals surface area contributed by atoms with Gasteiger partial charge in [0, 0.05) is 18.2 Å². The van der Waals surface area contributed by atoms with Crippen LogP contribution in [0.1, 0.15) is 19.7 Å². The van der Waals surface area contributed by atoms with E-state index in [0.717, 1.165) is 12.2 Å². The normalized spacial score (nSPS) is 11.1. The van der Waals surface area contributed by atoms with Crippen LogP contribution in [-0.2, 0) is 20.9 Å². The smallest absolute Gasteiger partial charge is 0.330 e. The molecule has 0 atom stereocenters. The maximum atomic E-state index is 12.3. The number of hydrogen-bond acceptors (Lipinski definition) is 6. The Labute approximate surface area is 150 Å². The van der Waals surface area contributed by atoms with Crippen molar-refractivity contribution in [2.75, 3.05) is 7.11 Å². The molecule has 0 aliphatic heterocycles. The van der Waals surface area contributed by atoms with E-state index in [4.69, 9.17) is 16.0 Å². The minimum absolute atomic E-state index is 0.111. The van der Waals surface area contributed by atoms with Gasteiger partial charge in [-0.2, -0.15) is 0 Å². The van der Waals surface area contributed by atoms with Crippen molar-refractivity contribution in [1.29, 1.82) is 0 Å². The topological polar surface area (TPSA) is 85.5 Å². The number of carbonyl (C=O) groups is 2. The molecule has 8 heteroatoms. The molecule has 0 aliphatic carbocycles. The summed E-state index contributed by atoms with van der Waals surface area (Å²) in [6.45, 7) is 3.80. The molecule has 0 aliphatic rings. The van der Waals surface area contributed by atoms with Gasteiger partial charge in [0.1, 0.15) is 0 Å². The predicted molar refractivity (Wildman–Crippen MR) is 91.6 cm³/mol. The van der Waals surface area contributed by atoms with E-state index in [-0.39, 0.29) is 30.3 Å². The number of aromatic nitrogens is 2. The first-order chi connectivity index (χ1) is 11.9. The zero-order valence-electron chi connectivity index (χ0n) is 14.1. The molecule has 0 N–H and O–H groups in total. The fraction of sp³-hybridized carbons (Fsp3) is 0.294. The summed E-state index contributed by atoms with van der Waals surface area (Å²) in [6.07, 6.45) is 2.22. The minimum atomic E-state index is -0.601. The summed E-state index contributed by atoms with van der Waals surface area (Å²) in [7, 11) is 1.24. The van der Waals surface area contributed by atoms with Crippen LogP contribution in [0.4, 0.5) is 0 Å². The fourth-order valence-electron chi connectivity index (χ4n) is 2.02. The molecule has 0 fully saturated rings. The van der Waals surface area contributed by atoms with Crippen LogP contribution in [0.2, 0.25) is 5.02 Å². The molecule has 2 aromatic rings. The molecule has 0 saturated heterocycles. The lowest BCUT2D eigenvalue weighted by Crippen LogP contribution is -2.35. The number of methoxy groups -OCH3 is 1. The van der Waals surface area contributed by atoms with E-state index in [1.807, 2.05) is 19.9 Å². The fourth-order valence-corrected chi connectivity index (χ4v) is 2.24. The number of nitrogens with zero attached hydrogens (tertiary/aromatic N) is 3. The first-order valence-corrected chi connectivity index (χ1v) is 7.94. The van der Waals surface area contributed by atoms with Gasteiger partial charge >= 0.3 is 5.97 Å². The summed E-state index contributed by atoms with van der Waals surface area (Å²) < 4.78 is 10.1. The molecule has 1 aromatic heterocycles. The van der Waals surface area contributed by atoms with Gasteiger partial charge in [-0.25, -0.2) is 4.79 Å². The Kier molecular flexibility index (Phi) is 6.30.